The number of fused-ring (bicyclic) bond motifs is 1. The van der Waals surface area contributed by atoms with Crippen molar-refractivity contribution in [3.05, 3.63) is 65.7 Å². The molecular formula is C18H15ClN2O3S. The van der Waals surface area contributed by atoms with E-state index in [1.54, 1.807) is 36.4 Å². The van der Waals surface area contributed by atoms with E-state index in [1.807, 2.05) is 18.2 Å². The summed E-state index contributed by atoms with van der Waals surface area (Å²) in [6.45, 7) is 1.37. The van der Waals surface area contributed by atoms with Gasteiger partial charge in [0.15, 0.2) is 0 Å². The van der Waals surface area contributed by atoms with E-state index in [2.05, 4.69) is 10.0 Å². The van der Waals surface area contributed by atoms with Gasteiger partial charge in [0, 0.05) is 12.3 Å². The second-order valence-electron chi connectivity index (χ2n) is 5.46. The summed E-state index contributed by atoms with van der Waals surface area (Å²) in [6.07, 6.45) is 0. The molecule has 0 heterocycles. The van der Waals surface area contributed by atoms with E-state index >= 15 is 0 Å². The zero-order valence-electron chi connectivity index (χ0n) is 13.3. The number of carbonyl (C=O) groups excluding carboxylic acids is 1. The third-order valence-corrected chi connectivity index (χ3v) is 5.32. The second-order valence-corrected chi connectivity index (χ2v) is 7.52. The molecule has 0 saturated heterocycles. The molecule has 5 nitrogen and oxygen atoms in total. The van der Waals surface area contributed by atoms with Crippen LogP contribution in [0.25, 0.3) is 10.8 Å². The highest BCUT2D eigenvalue weighted by Crippen LogP contribution is 2.29. The van der Waals surface area contributed by atoms with Crippen LogP contribution in [0.1, 0.15) is 6.92 Å². The van der Waals surface area contributed by atoms with Crippen molar-refractivity contribution in [3.8, 4) is 0 Å². The Kier molecular flexibility index (Phi) is 4.65. The third kappa shape index (κ3) is 3.75. The Labute approximate surface area is 150 Å². The molecule has 0 unspecified atom stereocenters. The quantitative estimate of drug-likeness (QED) is 0.716. The van der Waals surface area contributed by atoms with Gasteiger partial charge < -0.3 is 5.32 Å². The van der Waals surface area contributed by atoms with Crippen LogP contribution >= 0.6 is 11.6 Å². The van der Waals surface area contributed by atoms with Crippen LogP contribution in [-0.4, -0.2) is 14.3 Å². The lowest BCUT2D eigenvalue weighted by molar-refractivity contribution is -0.114. The minimum atomic E-state index is -3.79. The Balaban J connectivity index is 1.96. The summed E-state index contributed by atoms with van der Waals surface area (Å²) in [7, 11) is -3.79. The third-order valence-electron chi connectivity index (χ3n) is 3.57. The molecule has 3 aromatic rings. The number of halogens is 1. The summed E-state index contributed by atoms with van der Waals surface area (Å²) < 4.78 is 28.1. The van der Waals surface area contributed by atoms with Gasteiger partial charge in [-0.05, 0) is 29.7 Å². The summed E-state index contributed by atoms with van der Waals surface area (Å²) >= 11 is 6.09. The van der Waals surface area contributed by atoms with Gasteiger partial charge in [-0.25, -0.2) is 8.42 Å². The number of anilines is 2. The number of rotatable bonds is 4. The van der Waals surface area contributed by atoms with Gasteiger partial charge >= 0.3 is 0 Å². The van der Waals surface area contributed by atoms with Gasteiger partial charge in [0.05, 0.1) is 21.3 Å². The first-order valence-electron chi connectivity index (χ1n) is 7.44. The van der Waals surface area contributed by atoms with E-state index in [0.717, 1.165) is 5.39 Å². The number of amides is 1. The topological polar surface area (TPSA) is 75.3 Å². The molecule has 0 spiro atoms. The van der Waals surface area contributed by atoms with Crippen LogP contribution in [0.2, 0.25) is 5.02 Å². The van der Waals surface area contributed by atoms with Crippen molar-refractivity contribution >= 4 is 49.7 Å². The van der Waals surface area contributed by atoms with Gasteiger partial charge in [0.25, 0.3) is 10.0 Å². The number of carbonyl (C=O) groups is 1. The molecule has 1 amide bonds. The fourth-order valence-electron chi connectivity index (χ4n) is 2.51. The maximum absolute atomic E-state index is 12.8. The Morgan fingerprint density at radius 1 is 1.00 bits per heavy atom. The lowest BCUT2D eigenvalue weighted by Gasteiger charge is -2.12. The molecule has 0 atom stereocenters. The van der Waals surface area contributed by atoms with Crippen LogP contribution in [-0.2, 0) is 14.8 Å². The predicted octanol–water partition coefficient (Wildman–Crippen LogP) is 4.25. The van der Waals surface area contributed by atoms with Crippen molar-refractivity contribution in [2.75, 3.05) is 10.0 Å². The minimum Gasteiger partial charge on any atom is -0.325 e. The van der Waals surface area contributed by atoms with Crippen LogP contribution < -0.4 is 10.0 Å². The number of benzene rings is 3. The van der Waals surface area contributed by atoms with Crippen molar-refractivity contribution < 1.29 is 13.2 Å². The molecule has 0 aromatic heterocycles. The Morgan fingerprint density at radius 2 is 1.72 bits per heavy atom. The zero-order valence-corrected chi connectivity index (χ0v) is 14.9. The van der Waals surface area contributed by atoms with E-state index in [0.29, 0.717) is 16.8 Å². The van der Waals surface area contributed by atoms with Crippen LogP contribution in [0.3, 0.4) is 0 Å². The highest BCUT2D eigenvalue weighted by Gasteiger charge is 2.17. The molecule has 2 N–H and O–H groups in total. The number of hydrogen-bond donors (Lipinski definition) is 2. The highest BCUT2D eigenvalue weighted by atomic mass is 35.5. The molecule has 0 saturated carbocycles. The molecule has 0 aliphatic carbocycles. The van der Waals surface area contributed by atoms with E-state index in [1.165, 1.54) is 13.0 Å². The first kappa shape index (κ1) is 17.3. The SMILES string of the molecule is CC(=O)Nc1ccc(NS(=O)(=O)c2cccc3ccccc23)cc1Cl. The van der Waals surface area contributed by atoms with Gasteiger partial charge in [-0.3, -0.25) is 9.52 Å². The van der Waals surface area contributed by atoms with Crippen molar-refractivity contribution in [2.24, 2.45) is 0 Å². The Hall–Kier alpha value is -2.57. The van der Waals surface area contributed by atoms with Crippen molar-refractivity contribution in [2.45, 2.75) is 11.8 Å². The zero-order chi connectivity index (χ0) is 18.0. The van der Waals surface area contributed by atoms with E-state index < -0.39 is 10.0 Å². The fraction of sp³-hybridized carbons (Fsp3) is 0.0556. The maximum atomic E-state index is 12.8. The van der Waals surface area contributed by atoms with Crippen LogP contribution in [0.15, 0.2) is 65.6 Å². The monoisotopic (exact) mass is 374 g/mol. The van der Waals surface area contributed by atoms with Gasteiger partial charge in [-0.2, -0.15) is 0 Å². The molecule has 0 radical (unpaired) electrons. The van der Waals surface area contributed by atoms with E-state index in [4.69, 9.17) is 11.6 Å². The maximum Gasteiger partial charge on any atom is 0.262 e. The molecule has 0 aliphatic heterocycles. The summed E-state index contributed by atoms with van der Waals surface area (Å²) in [5.41, 5.74) is 0.731. The molecule has 7 heteroatoms. The van der Waals surface area contributed by atoms with Gasteiger partial charge in [0.1, 0.15) is 0 Å². The fourth-order valence-corrected chi connectivity index (χ4v) is 4.02. The van der Waals surface area contributed by atoms with E-state index in [9.17, 15) is 13.2 Å². The Morgan fingerprint density at radius 3 is 2.44 bits per heavy atom. The minimum absolute atomic E-state index is 0.188. The van der Waals surface area contributed by atoms with Gasteiger partial charge in [-0.15, -0.1) is 0 Å². The lowest BCUT2D eigenvalue weighted by atomic mass is 10.1. The van der Waals surface area contributed by atoms with Crippen LogP contribution in [0.5, 0.6) is 0 Å². The summed E-state index contributed by atoms with van der Waals surface area (Å²) in [5.74, 6) is -0.258. The molecule has 25 heavy (non-hydrogen) atoms. The predicted molar refractivity (Wildman–Crippen MR) is 101 cm³/mol. The van der Waals surface area contributed by atoms with Gasteiger partial charge in [0.2, 0.25) is 5.91 Å². The average Bonchev–Trinajstić information content (AvgIpc) is 2.56. The summed E-state index contributed by atoms with van der Waals surface area (Å²) in [4.78, 5) is 11.3. The van der Waals surface area contributed by atoms with Crippen LogP contribution in [0.4, 0.5) is 11.4 Å². The van der Waals surface area contributed by atoms with Crippen molar-refractivity contribution in [3.63, 3.8) is 0 Å². The smallest absolute Gasteiger partial charge is 0.262 e. The highest BCUT2D eigenvalue weighted by molar-refractivity contribution is 7.93. The first-order valence-corrected chi connectivity index (χ1v) is 9.31. The number of nitrogens with one attached hydrogen (secondary N) is 2. The van der Waals surface area contributed by atoms with Gasteiger partial charge in [-0.1, -0.05) is 48.0 Å². The number of sulfonamides is 1. The molecule has 3 rings (SSSR count). The lowest BCUT2D eigenvalue weighted by Crippen LogP contribution is -2.13. The Bertz CT molecular complexity index is 1060. The van der Waals surface area contributed by atoms with E-state index in [-0.39, 0.29) is 15.8 Å². The molecule has 3 aromatic carbocycles. The molecule has 128 valence electrons. The second kappa shape index (κ2) is 6.74. The largest absolute Gasteiger partial charge is 0.325 e. The average molecular weight is 375 g/mol. The normalized spacial score (nSPS) is 11.3. The standard InChI is InChI=1S/C18H15ClN2O3S/c1-12(22)20-17-10-9-14(11-16(17)19)21-25(23,24)18-8-4-6-13-5-2-3-7-15(13)18/h2-11,21H,1H3,(H,20,22). The van der Waals surface area contributed by atoms with Crippen molar-refractivity contribution in [1.82, 2.24) is 0 Å². The molecule has 0 aliphatic rings. The molecule has 0 bridgehead atoms. The first-order chi connectivity index (χ1) is 11.9. The van der Waals surface area contributed by atoms with Crippen molar-refractivity contribution in [1.29, 1.82) is 0 Å². The summed E-state index contributed by atoms with van der Waals surface area (Å²) in [6, 6.07) is 16.9. The van der Waals surface area contributed by atoms with Crippen LogP contribution in [0, 0.1) is 0 Å². The summed E-state index contributed by atoms with van der Waals surface area (Å²) in [5, 5.41) is 4.29. The molecular weight excluding hydrogens is 360 g/mol. The molecule has 0 fully saturated rings. The number of hydrogen-bond acceptors (Lipinski definition) is 3.